The van der Waals surface area contributed by atoms with Crippen LogP contribution in [0.2, 0.25) is 5.02 Å². The molecular formula is C12H10BrClF2N2OS. The summed E-state index contributed by atoms with van der Waals surface area (Å²) in [6, 6.07) is 2.94. The number of hydrogen-bond acceptors (Lipinski definition) is 4. The highest BCUT2D eigenvalue weighted by molar-refractivity contribution is 9.10. The maximum atomic E-state index is 12.5. The average Bonchev–Trinajstić information content (AvgIpc) is 2.87. The topological polar surface area (TPSA) is 34.1 Å². The third-order valence-electron chi connectivity index (χ3n) is 2.47. The summed E-state index contributed by atoms with van der Waals surface area (Å²) in [6.45, 7) is -1.01. The van der Waals surface area contributed by atoms with E-state index in [0.717, 1.165) is 4.88 Å². The normalized spacial score (nSPS) is 12.5. The monoisotopic (exact) mass is 382 g/mol. The number of nitrogens with zero attached hydrogens (tertiary/aromatic N) is 1. The number of rotatable bonds is 5. The minimum atomic E-state index is -2.91. The fourth-order valence-electron chi connectivity index (χ4n) is 1.62. The van der Waals surface area contributed by atoms with Gasteiger partial charge in [0.25, 0.3) is 0 Å². The molecule has 8 heteroatoms. The Hall–Kier alpha value is -0.920. The van der Waals surface area contributed by atoms with Crippen LogP contribution in [-0.2, 0) is 0 Å². The quantitative estimate of drug-likeness (QED) is 0.757. The maximum absolute atomic E-state index is 12.5. The van der Waals surface area contributed by atoms with Crippen molar-refractivity contribution in [2.45, 2.75) is 19.6 Å². The summed E-state index contributed by atoms with van der Waals surface area (Å²) in [6.07, 6.45) is 1.72. The van der Waals surface area contributed by atoms with Crippen molar-refractivity contribution < 1.29 is 13.5 Å². The molecule has 2 rings (SSSR count). The SMILES string of the molecule is CC(Nc1cc(Cl)cc(Br)c1OC(F)F)c1cncs1. The van der Waals surface area contributed by atoms with Crippen LogP contribution in [0.4, 0.5) is 14.5 Å². The van der Waals surface area contributed by atoms with Gasteiger partial charge in [0.1, 0.15) is 0 Å². The van der Waals surface area contributed by atoms with Crippen LogP contribution in [0, 0.1) is 0 Å². The molecule has 1 atom stereocenters. The Bertz CT molecular complexity index is 583. The molecule has 20 heavy (non-hydrogen) atoms. The average molecular weight is 384 g/mol. The lowest BCUT2D eigenvalue weighted by Gasteiger charge is -2.18. The van der Waals surface area contributed by atoms with Gasteiger partial charge >= 0.3 is 6.61 Å². The van der Waals surface area contributed by atoms with Crippen molar-refractivity contribution >= 4 is 44.6 Å². The van der Waals surface area contributed by atoms with Gasteiger partial charge in [0.2, 0.25) is 0 Å². The zero-order valence-corrected chi connectivity index (χ0v) is 13.4. The van der Waals surface area contributed by atoms with Gasteiger partial charge in [-0.15, -0.1) is 11.3 Å². The molecule has 0 aliphatic rings. The summed E-state index contributed by atoms with van der Waals surface area (Å²) in [5.74, 6) is 0.0285. The van der Waals surface area contributed by atoms with E-state index < -0.39 is 6.61 Å². The highest BCUT2D eigenvalue weighted by Gasteiger charge is 2.17. The van der Waals surface area contributed by atoms with Crippen LogP contribution in [0.3, 0.4) is 0 Å². The summed E-state index contributed by atoms with van der Waals surface area (Å²) in [5, 5.41) is 3.51. The van der Waals surface area contributed by atoms with Crippen LogP contribution < -0.4 is 10.1 Å². The van der Waals surface area contributed by atoms with Crippen LogP contribution in [-0.4, -0.2) is 11.6 Å². The molecule has 2 aromatic rings. The second kappa shape index (κ2) is 6.69. The van der Waals surface area contributed by atoms with E-state index in [-0.39, 0.29) is 11.8 Å². The molecule has 0 aliphatic carbocycles. The summed E-state index contributed by atoms with van der Waals surface area (Å²) in [5.41, 5.74) is 2.10. The molecular weight excluding hydrogens is 374 g/mol. The molecule has 108 valence electrons. The highest BCUT2D eigenvalue weighted by Crippen LogP contribution is 2.39. The zero-order valence-electron chi connectivity index (χ0n) is 10.2. The maximum Gasteiger partial charge on any atom is 0.387 e. The Morgan fingerprint density at radius 2 is 2.20 bits per heavy atom. The first-order valence-electron chi connectivity index (χ1n) is 5.56. The van der Waals surface area contributed by atoms with Crippen LogP contribution in [0.1, 0.15) is 17.8 Å². The van der Waals surface area contributed by atoms with Gasteiger partial charge in [0.15, 0.2) is 5.75 Å². The number of anilines is 1. The molecule has 1 aromatic carbocycles. The molecule has 1 heterocycles. The first-order chi connectivity index (χ1) is 9.47. The number of halogens is 4. The van der Waals surface area contributed by atoms with E-state index in [2.05, 4.69) is 31.0 Å². The molecule has 0 radical (unpaired) electrons. The van der Waals surface area contributed by atoms with Gasteiger partial charge in [-0.1, -0.05) is 11.6 Å². The molecule has 0 amide bonds. The largest absolute Gasteiger partial charge is 0.431 e. The van der Waals surface area contributed by atoms with E-state index in [9.17, 15) is 8.78 Å². The number of alkyl halides is 2. The third kappa shape index (κ3) is 3.80. The van der Waals surface area contributed by atoms with Gasteiger partial charge < -0.3 is 10.1 Å². The summed E-state index contributed by atoms with van der Waals surface area (Å²) in [4.78, 5) is 4.96. The zero-order chi connectivity index (χ0) is 14.7. The fraction of sp³-hybridized carbons (Fsp3) is 0.250. The lowest BCUT2D eigenvalue weighted by Crippen LogP contribution is -2.09. The van der Waals surface area contributed by atoms with Crippen molar-refractivity contribution in [3.05, 3.63) is 38.2 Å². The van der Waals surface area contributed by atoms with E-state index in [0.29, 0.717) is 15.2 Å². The van der Waals surface area contributed by atoms with E-state index in [1.807, 2.05) is 6.92 Å². The van der Waals surface area contributed by atoms with Gasteiger partial charge in [0.05, 0.1) is 21.7 Å². The predicted molar refractivity (Wildman–Crippen MR) is 79.9 cm³/mol. The number of aromatic nitrogens is 1. The second-order valence-electron chi connectivity index (χ2n) is 3.91. The third-order valence-corrected chi connectivity index (χ3v) is 4.23. The first kappa shape index (κ1) is 15.5. The van der Waals surface area contributed by atoms with Crippen molar-refractivity contribution in [2.75, 3.05) is 5.32 Å². The minimum absolute atomic E-state index is 0.0285. The molecule has 0 spiro atoms. The van der Waals surface area contributed by atoms with Gasteiger partial charge in [-0.3, -0.25) is 4.98 Å². The molecule has 0 bridgehead atoms. The van der Waals surface area contributed by atoms with Crippen molar-refractivity contribution in [3.8, 4) is 5.75 Å². The van der Waals surface area contributed by atoms with E-state index in [1.165, 1.54) is 17.4 Å². The van der Waals surface area contributed by atoms with Gasteiger partial charge in [-0.2, -0.15) is 8.78 Å². The van der Waals surface area contributed by atoms with Gasteiger partial charge in [-0.05, 0) is 35.0 Å². The van der Waals surface area contributed by atoms with Crippen molar-refractivity contribution in [1.82, 2.24) is 4.98 Å². The van der Waals surface area contributed by atoms with Crippen molar-refractivity contribution in [1.29, 1.82) is 0 Å². The fourth-order valence-corrected chi connectivity index (χ4v) is 3.15. The van der Waals surface area contributed by atoms with Crippen molar-refractivity contribution in [2.24, 2.45) is 0 Å². The molecule has 1 unspecified atom stereocenters. The summed E-state index contributed by atoms with van der Waals surface area (Å²) >= 11 is 10.6. The van der Waals surface area contributed by atoms with Gasteiger partial charge in [-0.25, -0.2) is 0 Å². The van der Waals surface area contributed by atoms with Crippen LogP contribution in [0.15, 0.2) is 28.3 Å². The predicted octanol–water partition coefficient (Wildman–Crippen LogP) is 5.33. The van der Waals surface area contributed by atoms with Gasteiger partial charge in [0, 0.05) is 16.1 Å². The Labute approximate surface area is 132 Å². The molecule has 3 nitrogen and oxygen atoms in total. The van der Waals surface area contributed by atoms with E-state index >= 15 is 0 Å². The molecule has 0 fully saturated rings. The molecule has 0 saturated heterocycles. The Kier molecular flexibility index (Phi) is 5.17. The molecule has 1 N–H and O–H groups in total. The number of thiazole rings is 1. The van der Waals surface area contributed by atoms with Crippen LogP contribution in [0.25, 0.3) is 0 Å². The minimum Gasteiger partial charge on any atom is -0.431 e. The summed E-state index contributed by atoms with van der Waals surface area (Å²) < 4.78 is 29.9. The number of ether oxygens (including phenoxy) is 1. The lowest BCUT2D eigenvalue weighted by molar-refractivity contribution is -0.0498. The number of benzene rings is 1. The smallest absolute Gasteiger partial charge is 0.387 e. The van der Waals surface area contributed by atoms with E-state index in [1.54, 1.807) is 17.8 Å². The Balaban J connectivity index is 2.29. The first-order valence-corrected chi connectivity index (χ1v) is 7.61. The standard InChI is InChI=1S/C12H10BrClF2N2OS/c1-6(10-4-17-5-20-10)18-9-3-7(14)2-8(13)11(9)19-12(15)16/h2-6,12,18H,1H3. The van der Waals surface area contributed by atoms with Crippen LogP contribution >= 0.6 is 38.9 Å². The Morgan fingerprint density at radius 1 is 1.45 bits per heavy atom. The molecule has 1 aromatic heterocycles. The molecule has 0 aliphatic heterocycles. The Morgan fingerprint density at radius 3 is 2.80 bits per heavy atom. The second-order valence-corrected chi connectivity index (χ2v) is 6.12. The molecule has 0 saturated carbocycles. The van der Waals surface area contributed by atoms with Crippen molar-refractivity contribution in [3.63, 3.8) is 0 Å². The van der Waals surface area contributed by atoms with E-state index in [4.69, 9.17) is 11.6 Å². The van der Waals surface area contributed by atoms with Crippen LogP contribution in [0.5, 0.6) is 5.75 Å². The summed E-state index contributed by atoms with van der Waals surface area (Å²) in [7, 11) is 0. The number of nitrogens with one attached hydrogen (secondary N) is 1. The lowest BCUT2D eigenvalue weighted by atomic mass is 10.2. The number of hydrogen-bond donors (Lipinski definition) is 1. The highest BCUT2D eigenvalue weighted by atomic mass is 79.9.